The van der Waals surface area contributed by atoms with Crippen molar-refractivity contribution in [1.82, 2.24) is 10.2 Å². The van der Waals surface area contributed by atoms with E-state index in [9.17, 15) is 8.42 Å². The largest absolute Gasteiger partial charge is 0.317 e. The molecule has 1 N–H and O–H groups in total. The van der Waals surface area contributed by atoms with E-state index in [4.69, 9.17) is 0 Å². The predicted octanol–water partition coefficient (Wildman–Crippen LogP) is 0.917. The van der Waals surface area contributed by atoms with Crippen LogP contribution >= 0.6 is 12.4 Å². The summed E-state index contributed by atoms with van der Waals surface area (Å²) < 4.78 is 23.2. The number of rotatable bonds is 2. The molecule has 2 saturated heterocycles. The number of sulfone groups is 1. The van der Waals surface area contributed by atoms with Crippen molar-refractivity contribution in [2.75, 3.05) is 38.5 Å². The summed E-state index contributed by atoms with van der Waals surface area (Å²) in [6.07, 6.45) is 2.45. The zero-order chi connectivity index (χ0) is 12.5. The van der Waals surface area contributed by atoms with Gasteiger partial charge in [0.2, 0.25) is 0 Å². The van der Waals surface area contributed by atoms with E-state index in [0.29, 0.717) is 12.3 Å². The van der Waals surface area contributed by atoms with Crippen LogP contribution in [0.2, 0.25) is 0 Å². The van der Waals surface area contributed by atoms with Crippen molar-refractivity contribution in [3.63, 3.8) is 0 Å². The Labute approximate surface area is 117 Å². The van der Waals surface area contributed by atoms with Crippen molar-refractivity contribution >= 4 is 22.2 Å². The Hall–Kier alpha value is 0.160. The Morgan fingerprint density at radius 1 is 1.28 bits per heavy atom. The fourth-order valence-electron chi connectivity index (χ4n) is 2.83. The lowest BCUT2D eigenvalue weighted by Crippen LogP contribution is -2.54. The molecule has 2 aliphatic rings. The van der Waals surface area contributed by atoms with Crippen LogP contribution in [-0.2, 0) is 9.84 Å². The SMILES string of the molecule is CC1(C)CN(CC2CCNCC2)CCS1(=O)=O.Cl. The molecule has 2 heterocycles. The zero-order valence-corrected chi connectivity index (χ0v) is 12.9. The molecule has 0 spiro atoms. The van der Waals surface area contributed by atoms with Gasteiger partial charge in [0.15, 0.2) is 9.84 Å². The lowest BCUT2D eigenvalue weighted by atomic mass is 9.97. The van der Waals surface area contributed by atoms with Crippen molar-refractivity contribution in [3.05, 3.63) is 0 Å². The second-order valence-corrected chi connectivity index (χ2v) is 8.75. The third-order valence-corrected chi connectivity index (χ3v) is 6.63. The maximum absolute atomic E-state index is 11.9. The van der Waals surface area contributed by atoms with Crippen molar-refractivity contribution in [3.8, 4) is 0 Å². The van der Waals surface area contributed by atoms with Crippen LogP contribution in [0.3, 0.4) is 0 Å². The van der Waals surface area contributed by atoms with Gasteiger partial charge in [0.25, 0.3) is 0 Å². The highest BCUT2D eigenvalue weighted by Crippen LogP contribution is 2.25. The van der Waals surface area contributed by atoms with Gasteiger partial charge in [0.1, 0.15) is 0 Å². The molecular weight excluding hydrogens is 272 g/mol. The van der Waals surface area contributed by atoms with Crippen molar-refractivity contribution in [2.24, 2.45) is 5.92 Å². The first-order valence-corrected chi connectivity index (χ1v) is 8.21. The summed E-state index contributed by atoms with van der Waals surface area (Å²) in [6, 6.07) is 0. The van der Waals surface area contributed by atoms with Gasteiger partial charge in [-0.05, 0) is 45.7 Å². The predicted molar refractivity (Wildman–Crippen MR) is 77.1 cm³/mol. The number of nitrogens with one attached hydrogen (secondary N) is 1. The standard InChI is InChI=1S/C12H24N2O2S.ClH/c1-12(2)10-14(7-8-17(12,15)16)9-11-3-5-13-6-4-11;/h11,13H,3-10H2,1-2H3;1H. The molecule has 18 heavy (non-hydrogen) atoms. The van der Waals surface area contributed by atoms with Gasteiger partial charge in [-0.25, -0.2) is 8.42 Å². The molecule has 6 heteroatoms. The maximum atomic E-state index is 11.9. The fraction of sp³-hybridized carbons (Fsp3) is 1.00. The van der Waals surface area contributed by atoms with E-state index in [0.717, 1.165) is 32.1 Å². The second-order valence-electron chi connectivity index (χ2n) is 6.01. The summed E-state index contributed by atoms with van der Waals surface area (Å²) in [4.78, 5) is 2.34. The molecule has 0 bridgehead atoms. The highest BCUT2D eigenvalue weighted by atomic mass is 35.5. The van der Waals surface area contributed by atoms with E-state index in [1.54, 1.807) is 0 Å². The van der Waals surface area contributed by atoms with Gasteiger partial charge in [-0.3, -0.25) is 0 Å². The van der Waals surface area contributed by atoms with Gasteiger partial charge < -0.3 is 10.2 Å². The average molecular weight is 297 g/mol. The Bertz CT molecular complexity index is 364. The van der Waals surface area contributed by atoms with Gasteiger partial charge in [-0.1, -0.05) is 0 Å². The summed E-state index contributed by atoms with van der Waals surface area (Å²) in [6.45, 7) is 8.42. The minimum absolute atomic E-state index is 0. The summed E-state index contributed by atoms with van der Waals surface area (Å²) in [7, 11) is -2.89. The summed E-state index contributed by atoms with van der Waals surface area (Å²) in [5, 5.41) is 3.37. The minimum Gasteiger partial charge on any atom is -0.317 e. The molecule has 0 atom stereocenters. The van der Waals surface area contributed by atoms with Crippen LogP contribution in [0.1, 0.15) is 26.7 Å². The van der Waals surface area contributed by atoms with E-state index in [-0.39, 0.29) is 12.4 Å². The molecule has 2 fully saturated rings. The monoisotopic (exact) mass is 296 g/mol. The normalized spacial score (nSPS) is 28.6. The van der Waals surface area contributed by atoms with Crippen molar-refractivity contribution in [2.45, 2.75) is 31.4 Å². The first kappa shape index (κ1) is 16.2. The van der Waals surface area contributed by atoms with Gasteiger partial charge in [0.05, 0.1) is 10.5 Å². The highest BCUT2D eigenvalue weighted by Gasteiger charge is 2.40. The summed E-state index contributed by atoms with van der Waals surface area (Å²) >= 11 is 0. The zero-order valence-electron chi connectivity index (χ0n) is 11.3. The molecule has 0 amide bonds. The van der Waals surface area contributed by atoms with Crippen LogP contribution < -0.4 is 5.32 Å². The molecule has 0 aromatic carbocycles. The summed E-state index contributed by atoms with van der Waals surface area (Å²) in [5.74, 6) is 1.07. The molecule has 4 nitrogen and oxygen atoms in total. The lowest BCUT2D eigenvalue weighted by Gasteiger charge is -2.39. The smallest absolute Gasteiger partial charge is 0.157 e. The van der Waals surface area contributed by atoms with E-state index in [2.05, 4.69) is 10.2 Å². The second kappa shape index (κ2) is 6.07. The lowest BCUT2D eigenvalue weighted by molar-refractivity contribution is 0.192. The molecule has 0 aromatic rings. The number of hydrogen-bond acceptors (Lipinski definition) is 4. The first-order valence-electron chi connectivity index (χ1n) is 6.56. The van der Waals surface area contributed by atoms with Crippen LogP contribution in [0, 0.1) is 5.92 Å². The quantitative estimate of drug-likeness (QED) is 0.823. The molecule has 2 aliphatic heterocycles. The molecule has 0 saturated carbocycles. The molecule has 0 radical (unpaired) electrons. The van der Waals surface area contributed by atoms with Crippen LogP contribution in [-0.4, -0.2) is 56.5 Å². The molecule has 0 aromatic heterocycles. The van der Waals surface area contributed by atoms with Gasteiger partial charge in [-0.15, -0.1) is 12.4 Å². The minimum atomic E-state index is -2.89. The van der Waals surface area contributed by atoms with E-state index >= 15 is 0 Å². The Morgan fingerprint density at radius 2 is 1.89 bits per heavy atom. The molecule has 108 valence electrons. The number of piperidine rings is 1. The number of nitrogens with zero attached hydrogens (tertiary/aromatic N) is 1. The summed E-state index contributed by atoms with van der Waals surface area (Å²) in [5.41, 5.74) is 0. The van der Waals surface area contributed by atoms with Crippen molar-refractivity contribution in [1.29, 1.82) is 0 Å². The third-order valence-electron chi connectivity index (χ3n) is 4.10. The van der Waals surface area contributed by atoms with Crippen LogP contribution in [0.5, 0.6) is 0 Å². The highest BCUT2D eigenvalue weighted by molar-refractivity contribution is 7.92. The van der Waals surface area contributed by atoms with Crippen LogP contribution in [0.25, 0.3) is 0 Å². The Balaban J connectivity index is 0.00000162. The molecule has 0 unspecified atom stereocenters. The molecule has 0 aliphatic carbocycles. The van der Waals surface area contributed by atoms with E-state index < -0.39 is 14.6 Å². The Kier molecular flexibility index (Phi) is 5.47. The van der Waals surface area contributed by atoms with Crippen LogP contribution in [0.4, 0.5) is 0 Å². The van der Waals surface area contributed by atoms with Gasteiger partial charge in [0, 0.05) is 19.6 Å². The average Bonchev–Trinajstić information content (AvgIpc) is 2.25. The molecule has 2 rings (SSSR count). The molecular formula is C12H25ClN2O2S. The Morgan fingerprint density at radius 3 is 2.44 bits per heavy atom. The maximum Gasteiger partial charge on any atom is 0.157 e. The third kappa shape index (κ3) is 3.59. The van der Waals surface area contributed by atoms with Gasteiger partial charge in [-0.2, -0.15) is 0 Å². The van der Waals surface area contributed by atoms with Crippen molar-refractivity contribution < 1.29 is 8.42 Å². The number of halogens is 1. The number of hydrogen-bond donors (Lipinski definition) is 1. The van der Waals surface area contributed by atoms with Crippen LogP contribution in [0.15, 0.2) is 0 Å². The first-order chi connectivity index (χ1) is 7.91. The van der Waals surface area contributed by atoms with E-state index in [1.165, 1.54) is 12.8 Å². The fourth-order valence-corrected chi connectivity index (χ4v) is 4.26. The topological polar surface area (TPSA) is 49.4 Å². The van der Waals surface area contributed by atoms with Gasteiger partial charge >= 0.3 is 0 Å². The van der Waals surface area contributed by atoms with E-state index in [1.807, 2.05) is 13.8 Å².